The predicted molar refractivity (Wildman–Crippen MR) is 78.8 cm³/mol. The van der Waals surface area contributed by atoms with Crippen LogP contribution in [-0.2, 0) is 0 Å². The van der Waals surface area contributed by atoms with Crippen LogP contribution in [0.2, 0.25) is 0 Å². The fraction of sp³-hybridized carbons (Fsp3) is 0. The van der Waals surface area contributed by atoms with E-state index in [1.807, 2.05) is 0 Å². The number of aromatic nitrogens is 2. The molecular weight excluding hydrogens is 290 g/mol. The third-order valence-electron chi connectivity index (χ3n) is 2.84. The highest BCUT2D eigenvalue weighted by atomic mass is 32.1. The van der Waals surface area contributed by atoms with Crippen molar-refractivity contribution in [1.82, 2.24) is 9.97 Å². The first-order chi connectivity index (χ1) is 10.1. The van der Waals surface area contributed by atoms with Gasteiger partial charge in [-0.15, -0.1) is 11.3 Å². The molecule has 0 aliphatic carbocycles. The lowest BCUT2D eigenvalue weighted by molar-refractivity contribution is 0.0696. The topological polar surface area (TPSA) is 92.2 Å². The Kier molecular flexibility index (Phi) is 3.33. The second-order valence-corrected chi connectivity index (χ2v) is 5.11. The summed E-state index contributed by atoms with van der Waals surface area (Å²) in [6.07, 6.45) is 1.34. The first kappa shape index (κ1) is 13.2. The molecule has 3 rings (SSSR count). The number of nitrogens with one attached hydrogen (secondary N) is 1. The number of rotatable bonds is 3. The average Bonchev–Trinajstić information content (AvgIpc) is 2.94. The maximum absolute atomic E-state index is 12.1. The highest BCUT2D eigenvalue weighted by molar-refractivity contribution is 7.16. The summed E-state index contributed by atoms with van der Waals surface area (Å²) in [5.74, 6) is -1.22. The Morgan fingerprint density at radius 3 is 2.76 bits per heavy atom. The highest BCUT2D eigenvalue weighted by Gasteiger charge is 2.10. The maximum atomic E-state index is 12.1. The van der Waals surface area contributed by atoms with E-state index in [0.29, 0.717) is 5.56 Å². The van der Waals surface area contributed by atoms with Crippen molar-refractivity contribution >= 4 is 39.2 Å². The molecule has 1 aromatic carbocycles. The van der Waals surface area contributed by atoms with Gasteiger partial charge in [-0.05, 0) is 30.3 Å². The Bertz CT molecular complexity index is 844. The van der Waals surface area contributed by atoms with Gasteiger partial charge in [0.05, 0.1) is 21.3 Å². The minimum absolute atomic E-state index is 0.0678. The molecule has 2 heterocycles. The van der Waals surface area contributed by atoms with Gasteiger partial charge in [0.25, 0.3) is 5.91 Å². The van der Waals surface area contributed by atoms with E-state index < -0.39 is 5.97 Å². The van der Waals surface area contributed by atoms with Crippen LogP contribution in [-0.4, -0.2) is 27.0 Å². The lowest BCUT2D eigenvalue weighted by Gasteiger charge is -2.05. The molecule has 0 aliphatic rings. The molecule has 2 N–H and O–H groups in total. The Labute approximate surface area is 123 Å². The molecule has 0 radical (unpaired) electrons. The van der Waals surface area contributed by atoms with Crippen LogP contribution in [0.3, 0.4) is 0 Å². The summed E-state index contributed by atoms with van der Waals surface area (Å²) in [4.78, 5) is 31.1. The highest BCUT2D eigenvalue weighted by Crippen LogP contribution is 2.19. The van der Waals surface area contributed by atoms with Crippen LogP contribution >= 0.6 is 11.3 Å². The van der Waals surface area contributed by atoms with Gasteiger partial charge in [-0.2, -0.15) is 0 Å². The zero-order chi connectivity index (χ0) is 14.8. The summed E-state index contributed by atoms with van der Waals surface area (Å²) in [6, 6.07) is 7.84. The number of pyridine rings is 1. The summed E-state index contributed by atoms with van der Waals surface area (Å²) < 4.78 is 0.912. The summed E-state index contributed by atoms with van der Waals surface area (Å²) in [6.45, 7) is 0. The largest absolute Gasteiger partial charge is 0.478 e. The second kappa shape index (κ2) is 5.29. The third kappa shape index (κ3) is 2.72. The first-order valence-electron chi connectivity index (χ1n) is 5.97. The van der Waals surface area contributed by atoms with Crippen molar-refractivity contribution in [3.63, 3.8) is 0 Å². The van der Waals surface area contributed by atoms with Gasteiger partial charge in [0.2, 0.25) is 0 Å². The monoisotopic (exact) mass is 299 g/mol. The van der Waals surface area contributed by atoms with E-state index >= 15 is 0 Å². The zero-order valence-corrected chi connectivity index (χ0v) is 11.4. The molecule has 3 aromatic rings. The van der Waals surface area contributed by atoms with Gasteiger partial charge < -0.3 is 10.4 Å². The molecule has 0 bridgehead atoms. The van der Waals surface area contributed by atoms with Crippen molar-refractivity contribution in [2.24, 2.45) is 0 Å². The number of carbonyl (C=O) groups is 2. The molecule has 0 unspecified atom stereocenters. The molecule has 21 heavy (non-hydrogen) atoms. The Morgan fingerprint density at radius 1 is 1.10 bits per heavy atom. The molecule has 7 heteroatoms. The lowest BCUT2D eigenvalue weighted by Crippen LogP contribution is -2.13. The zero-order valence-electron chi connectivity index (χ0n) is 10.6. The van der Waals surface area contributed by atoms with E-state index in [1.165, 1.54) is 29.7 Å². The van der Waals surface area contributed by atoms with Gasteiger partial charge in [0, 0.05) is 11.8 Å². The summed E-state index contributed by atoms with van der Waals surface area (Å²) >= 11 is 1.45. The normalized spacial score (nSPS) is 10.5. The standard InChI is InChI=1S/C14H9N3O3S/c18-13(8-1-2-10-11(5-8)21-7-16-10)17-12-6-9(14(19)20)3-4-15-12/h1-7H,(H,19,20)(H,15,17,18). The van der Waals surface area contributed by atoms with Gasteiger partial charge in [-0.1, -0.05) is 0 Å². The van der Waals surface area contributed by atoms with E-state index in [2.05, 4.69) is 15.3 Å². The van der Waals surface area contributed by atoms with Crippen LogP contribution in [0.4, 0.5) is 5.82 Å². The van der Waals surface area contributed by atoms with Gasteiger partial charge in [0.15, 0.2) is 0 Å². The molecule has 6 nitrogen and oxygen atoms in total. The van der Waals surface area contributed by atoms with Crippen LogP contribution < -0.4 is 5.32 Å². The number of hydrogen-bond donors (Lipinski definition) is 2. The van der Waals surface area contributed by atoms with E-state index in [4.69, 9.17) is 5.11 Å². The Morgan fingerprint density at radius 2 is 1.95 bits per heavy atom. The van der Waals surface area contributed by atoms with E-state index in [1.54, 1.807) is 23.7 Å². The summed E-state index contributed by atoms with van der Waals surface area (Å²) in [7, 11) is 0. The molecule has 0 atom stereocenters. The van der Waals surface area contributed by atoms with Gasteiger partial charge in [-0.3, -0.25) is 4.79 Å². The van der Waals surface area contributed by atoms with Crippen molar-refractivity contribution in [3.05, 3.63) is 53.2 Å². The van der Waals surface area contributed by atoms with Crippen molar-refractivity contribution in [1.29, 1.82) is 0 Å². The van der Waals surface area contributed by atoms with Crippen LogP contribution in [0.15, 0.2) is 42.0 Å². The number of anilines is 1. The predicted octanol–water partition coefficient (Wildman–Crippen LogP) is 2.64. The number of amides is 1. The number of fused-ring (bicyclic) bond motifs is 1. The van der Waals surface area contributed by atoms with Crippen molar-refractivity contribution in [2.45, 2.75) is 0 Å². The molecule has 0 saturated carbocycles. The fourth-order valence-electron chi connectivity index (χ4n) is 1.82. The molecule has 0 spiro atoms. The molecule has 0 aliphatic heterocycles. The molecule has 2 aromatic heterocycles. The van der Waals surface area contributed by atoms with Crippen molar-refractivity contribution in [3.8, 4) is 0 Å². The fourth-order valence-corrected chi connectivity index (χ4v) is 2.53. The minimum atomic E-state index is -1.07. The van der Waals surface area contributed by atoms with Crippen LogP contribution in [0.25, 0.3) is 10.2 Å². The van der Waals surface area contributed by atoms with E-state index in [9.17, 15) is 9.59 Å². The Balaban J connectivity index is 1.85. The molecule has 0 fully saturated rings. The summed E-state index contributed by atoms with van der Waals surface area (Å²) in [5, 5.41) is 11.5. The number of hydrogen-bond acceptors (Lipinski definition) is 5. The average molecular weight is 299 g/mol. The third-order valence-corrected chi connectivity index (χ3v) is 3.63. The number of benzene rings is 1. The molecule has 1 amide bonds. The van der Waals surface area contributed by atoms with Crippen molar-refractivity contribution < 1.29 is 14.7 Å². The number of carboxylic acids is 1. The van der Waals surface area contributed by atoms with E-state index in [0.717, 1.165) is 10.2 Å². The number of aromatic carboxylic acids is 1. The van der Waals surface area contributed by atoms with Gasteiger partial charge in [-0.25, -0.2) is 14.8 Å². The van der Waals surface area contributed by atoms with E-state index in [-0.39, 0.29) is 17.3 Å². The number of nitrogens with zero attached hydrogens (tertiary/aromatic N) is 2. The van der Waals surface area contributed by atoms with Gasteiger partial charge >= 0.3 is 5.97 Å². The number of carbonyl (C=O) groups excluding carboxylic acids is 1. The van der Waals surface area contributed by atoms with Crippen LogP contribution in [0.1, 0.15) is 20.7 Å². The maximum Gasteiger partial charge on any atom is 0.335 e. The van der Waals surface area contributed by atoms with Crippen molar-refractivity contribution in [2.75, 3.05) is 5.32 Å². The SMILES string of the molecule is O=C(O)c1ccnc(NC(=O)c2ccc3ncsc3c2)c1. The number of thiazole rings is 1. The Hall–Kier alpha value is -2.80. The smallest absolute Gasteiger partial charge is 0.335 e. The lowest BCUT2D eigenvalue weighted by atomic mass is 10.2. The van der Waals surface area contributed by atoms with Gasteiger partial charge in [0.1, 0.15) is 5.82 Å². The molecule has 0 saturated heterocycles. The number of carboxylic acid groups (broad SMARTS) is 1. The quantitative estimate of drug-likeness (QED) is 0.775. The first-order valence-corrected chi connectivity index (χ1v) is 6.85. The minimum Gasteiger partial charge on any atom is -0.478 e. The molecular formula is C14H9N3O3S. The van der Waals surface area contributed by atoms with Crippen LogP contribution in [0.5, 0.6) is 0 Å². The molecule has 104 valence electrons. The van der Waals surface area contributed by atoms with Crippen LogP contribution in [0, 0.1) is 0 Å². The second-order valence-electron chi connectivity index (χ2n) is 4.22. The summed E-state index contributed by atoms with van der Waals surface area (Å²) in [5.41, 5.74) is 3.08.